The predicted octanol–water partition coefficient (Wildman–Crippen LogP) is 4.68. The summed E-state index contributed by atoms with van der Waals surface area (Å²) < 4.78 is 10.1. The maximum Gasteiger partial charge on any atom is 0.339 e. The van der Waals surface area contributed by atoms with Gasteiger partial charge >= 0.3 is 5.97 Å². The molecule has 0 spiro atoms. The number of hydrogen-bond acceptors (Lipinski definition) is 4. The second-order valence-corrected chi connectivity index (χ2v) is 5.69. The Morgan fingerprint density at radius 2 is 1.81 bits per heavy atom. The summed E-state index contributed by atoms with van der Waals surface area (Å²) in [6, 6.07) is 13.0. The summed E-state index contributed by atoms with van der Waals surface area (Å²) in [5.41, 5.74) is 0.386. The molecule has 0 fully saturated rings. The van der Waals surface area contributed by atoms with Crippen LogP contribution in [0.4, 0.5) is 0 Å². The molecule has 0 N–H and O–H groups in total. The molecule has 2 aromatic rings. The highest BCUT2D eigenvalue weighted by molar-refractivity contribution is 7.99. The molecule has 0 aliphatic rings. The molecular formula is C16H15ClO3S. The summed E-state index contributed by atoms with van der Waals surface area (Å²) in [7, 11) is 1.63. The SMILES string of the molecule is CCOC(=O)c1cc(Sc2ccc(OC)cc2)ccc1Cl. The van der Waals surface area contributed by atoms with Gasteiger partial charge in [-0.3, -0.25) is 0 Å². The topological polar surface area (TPSA) is 35.5 Å². The zero-order chi connectivity index (χ0) is 15.2. The van der Waals surface area contributed by atoms with E-state index in [4.69, 9.17) is 21.1 Å². The van der Waals surface area contributed by atoms with Crippen LogP contribution < -0.4 is 4.74 Å². The van der Waals surface area contributed by atoms with E-state index in [1.165, 1.54) is 0 Å². The molecule has 110 valence electrons. The number of carbonyl (C=O) groups excluding carboxylic acids is 1. The standard InChI is InChI=1S/C16H15ClO3S/c1-3-20-16(18)14-10-13(8-9-15(14)17)21-12-6-4-11(19-2)5-7-12/h4-10H,3H2,1-2H3. The minimum atomic E-state index is -0.403. The third-order valence-electron chi connectivity index (χ3n) is 2.73. The summed E-state index contributed by atoms with van der Waals surface area (Å²) >= 11 is 7.59. The van der Waals surface area contributed by atoms with Gasteiger partial charge in [-0.25, -0.2) is 4.79 Å². The Labute approximate surface area is 133 Å². The number of ether oxygens (including phenoxy) is 2. The molecule has 0 amide bonds. The lowest BCUT2D eigenvalue weighted by atomic mass is 10.2. The van der Waals surface area contributed by atoms with E-state index in [0.29, 0.717) is 17.2 Å². The second-order valence-electron chi connectivity index (χ2n) is 4.14. The molecule has 3 nitrogen and oxygen atoms in total. The number of hydrogen-bond donors (Lipinski definition) is 0. The van der Waals surface area contributed by atoms with Crippen LogP contribution in [0.5, 0.6) is 5.75 Å². The van der Waals surface area contributed by atoms with Gasteiger partial charge in [0, 0.05) is 9.79 Å². The van der Waals surface area contributed by atoms with Crippen LogP contribution in [0.25, 0.3) is 0 Å². The molecule has 0 saturated heterocycles. The molecule has 21 heavy (non-hydrogen) atoms. The van der Waals surface area contributed by atoms with Gasteiger partial charge in [-0.15, -0.1) is 0 Å². The number of rotatable bonds is 5. The van der Waals surface area contributed by atoms with Crippen molar-refractivity contribution in [3.05, 3.63) is 53.1 Å². The van der Waals surface area contributed by atoms with Crippen molar-refractivity contribution in [1.29, 1.82) is 0 Å². The zero-order valence-electron chi connectivity index (χ0n) is 11.8. The fourth-order valence-corrected chi connectivity index (χ4v) is 2.76. The van der Waals surface area contributed by atoms with Gasteiger partial charge in [0.1, 0.15) is 5.75 Å². The van der Waals surface area contributed by atoms with E-state index in [0.717, 1.165) is 15.5 Å². The van der Waals surface area contributed by atoms with Crippen molar-refractivity contribution in [2.45, 2.75) is 16.7 Å². The van der Waals surface area contributed by atoms with E-state index in [1.54, 1.807) is 37.9 Å². The van der Waals surface area contributed by atoms with Gasteiger partial charge in [-0.1, -0.05) is 23.4 Å². The summed E-state index contributed by atoms with van der Waals surface area (Å²) in [6.07, 6.45) is 0. The third kappa shape index (κ3) is 4.16. The quantitative estimate of drug-likeness (QED) is 0.749. The van der Waals surface area contributed by atoms with Crippen molar-refractivity contribution in [3.63, 3.8) is 0 Å². The first-order valence-corrected chi connectivity index (χ1v) is 7.62. The van der Waals surface area contributed by atoms with Crippen LogP contribution >= 0.6 is 23.4 Å². The normalized spacial score (nSPS) is 10.2. The lowest BCUT2D eigenvalue weighted by Gasteiger charge is -2.07. The largest absolute Gasteiger partial charge is 0.497 e. The fraction of sp³-hybridized carbons (Fsp3) is 0.188. The smallest absolute Gasteiger partial charge is 0.339 e. The van der Waals surface area contributed by atoms with E-state index < -0.39 is 5.97 Å². The third-order valence-corrected chi connectivity index (χ3v) is 4.06. The van der Waals surface area contributed by atoms with Crippen LogP contribution in [0.15, 0.2) is 52.3 Å². The molecule has 2 rings (SSSR count). The highest BCUT2D eigenvalue weighted by Gasteiger charge is 2.12. The van der Waals surface area contributed by atoms with Crippen LogP contribution in [0.1, 0.15) is 17.3 Å². The highest BCUT2D eigenvalue weighted by atomic mass is 35.5. The molecule has 0 aliphatic carbocycles. The Bertz CT molecular complexity index is 626. The number of methoxy groups -OCH3 is 1. The summed E-state index contributed by atoms with van der Waals surface area (Å²) in [4.78, 5) is 13.8. The monoisotopic (exact) mass is 322 g/mol. The second kappa shape index (κ2) is 7.38. The zero-order valence-corrected chi connectivity index (χ0v) is 13.3. The average molecular weight is 323 g/mol. The van der Waals surface area contributed by atoms with E-state index in [2.05, 4.69) is 0 Å². The molecular weight excluding hydrogens is 308 g/mol. The van der Waals surface area contributed by atoms with Crippen LogP contribution in [-0.4, -0.2) is 19.7 Å². The van der Waals surface area contributed by atoms with Crippen molar-refractivity contribution in [1.82, 2.24) is 0 Å². The number of halogens is 1. The molecule has 0 bridgehead atoms. The average Bonchev–Trinajstić information content (AvgIpc) is 2.50. The molecule has 0 heterocycles. The molecule has 5 heteroatoms. The Morgan fingerprint density at radius 1 is 1.14 bits per heavy atom. The first-order chi connectivity index (χ1) is 10.1. The van der Waals surface area contributed by atoms with Crippen LogP contribution in [0.3, 0.4) is 0 Å². The van der Waals surface area contributed by atoms with Crippen molar-refractivity contribution < 1.29 is 14.3 Å². The van der Waals surface area contributed by atoms with Crippen molar-refractivity contribution in [2.24, 2.45) is 0 Å². The minimum Gasteiger partial charge on any atom is -0.497 e. The predicted molar refractivity (Wildman–Crippen MR) is 84.5 cm³/mol. The van der Waals surface area contributed by atoms with E-state index in [9.17, 15) is 4.79 Å². The summed E-state index contributed by atoms with van der Waals surface area (Å²) in [5.74, 6) is 0.405. The molecule has 0 saturated carbocycles. The van der Waals surface area contributed by atoms with E-state index >= 15 is 0 Å². The highest BCUT2D eigenvalue weighted by Crippen LogP contribution is 2.31. The van der Waals surface area contributed by atoms with Crippen LogP contribution in [0, 0.1) is 0 Å². The number of carbonyl (C=O) groups is 1. The van der Waals surface area contributed by atoms with Crippen molar-refractivity contribution in [2.75, 3.05) is 13.7 Å². The van der Waals surface area contributed by atoms with Crippen LogP contribution in [-0.2, 0) is 4.74 Å². The Hall–Kier alpha value is -1.65. The molecule has 0 unspecified atom stereocenters. The lowest BCUT2D eigenvalue weighted by molar-refractivity contribution is 0.0526. The van der Waals surface area contributed by atoms with Gasteiger partial charge < -0.3 is 9.47 Å². The van der Waals surface area contributed by atoms with Gasteiger partial charge in [-0.2, -0.15) is 0 Å². The molecule has 2 aromatic carbocycles. The Morgan fingerprint density at radius 3 is 2.43 bits per heavy atom. The Kier molecular flexibility index (Phi) is 5.53. The molecule has 0 aromatic heterocycles. The maximum absolute atomic E-state index is 11.8. The van der Waals surface area contributed by atoms with Crippen LogP contribution in [0.2, 0.25) is 5.02 Å². The first kappa shape index (κ1) is 15.7. The first-order valence-electron chi connectivity index (χ1n) is 6.42. The van der Waals surface area contributed by atoms with Gasteiger partial charge in [-0.05, 0) is 49.4 Å². The molecule has 0 atom stereocenters. The van der Waals surface area contributed by atoms with Gasteiger partial charge in [0.2, 0.25) is 0 Å². The number of benzene rings is 2. The van der Waals surface area contributed by atoms with Gasteiger partial charge in [0.05, 0.1) is 24.3 Å². The Balaban J connectivity index is 2.20. The fourth-order valence-electron chi connectivity index (χ4n) is 1.71. The minimum absolute atomic E-state index is 0.324. The van der Waals surface area contributed by atoms with Gasteiger partial charge in [0.25, 0.3) is 0 Å². The molecule has 0 aliphatic heterocycles. The lowest BCUT2D eigenvalue weighted by Crippen LogP contribution is -2.05. The van der Waals surface area contributed by atoms with E-state index in [-0.39, 0.29) is 0 Å². The summed E-state index contributed by atoms with van der Waals surface area (Å²) in [5, 5.41) is 0.396. The van der Waals surface area contributed by atoms with E-state index in [1.807, 2.05) is 30.3 Å². The maximum atomic E-state index is 11.8. The van der Waals surface area contributed by atoms with Crippen molar-refractivity contribution >= 4 is 29.3 Å². The van der Waals surface area contributed by atoms with Gasteiger partial charge in [0.15, 0.2) is 0 Å². The van der Waals surface area contributed by atoms with Crippen molar-refractivity contribution in [3.8, 4) is 5.75 Å². The summed E-state index contributed by atoms with van der Waals surface area (Å²) in [6.45, 7) is 2.09. The molecule has 0 radical (unpaired) electrons. The number of esters is 1.